The first-order valence-electron chi connectivity index (χ1n) is 5.46. The van der Waals surface area contributed by atoms with Crippen molar-refractivity contribution in [1.82, 2.24) is 0 Å². The predicted octanol–water partition coefficient (Wildman–Crippen LogP) is 2.97. The molecule has 1 aromatic carbocycles. The molecule has 0 aliphatic rings. The minimum atomic E-state index is 0.911. The molecule has 0 atom stereocenters. The van der Waals surface area contributed by atoms with Crippen LogP contribution in [0.1, 0.15) is 16.8 Å². The van der Waals surface area contributed by atoms with Gasteiger partial charge in [-0.15, -0.1) is 0 Å². The fraction of sp³-hybridized carbons (Fsp3) is 0.133. The van der Waals surface area contributed by atoms with Crippen molar-refractivity contribution in [3.8, 4) is 0 Å². The first kappa shape index (κ1) is 10.6. The molecule has 2 rings (SSSR count). The Labute approximate surface area is 96.7 Å². The molecule has 0 saturated heterocycles. The summed E-state index contributed by atoms with van der Waals surface area (Å²) < 4.78 is 2.24. The molecule has 1 aromatic heterocycles. The Hall–Kier alpha value is -1.89. The van der Waals surface area contributed by atoms with E-state index in [1.165, 1.54) is 16.8 Å². The zero-order valence-electron chi connectivity index (χ0n) is 9.56. The third-order valence-corrected chi connectivity index (χ3v) is 2.81. The molecule has 0 amide bonds. The van der Waals surface area contributed by atoms with Gasteiger partial charge in [0.25, 0.3) is 0 Å². The topological polar surface area (TPSA) is 3.88 Å². The molecular formula is C15H16N+. The molecule has 0 aliphatic heterocycles. The van der Waals surface area contributed by atoms with Crippen LogP contribution in [0, 0.1) is 6.92 Å². The summed E-state index contributed by atoms with van der Waals surface area (Å²) in [5.74, 6) is 0. The lowest BCUT2D eigenvalue weighted by atomic mass is 10.1. The highest BCUT2D eigenvalue weighted by Gasteiger charge is 2.09. The van der Waals surface area contributed by atoms with Crippen LogP contribution in [0.15, 0.2) is 55.2 Å². The van der Waals surface area contributed by atoms with Crippen molar-refractivity contribution in [3.05, 3.63) is 72.1 Å². The minimum absolute atomic E-state index is 0.911. The zero-order valence-corrected chi connectivity index (χ0v) is 9.56. The number of benzene rings is 1. The van der Waals surface area contributed by atoms with E-state index < -0.39 is 0 Å². The lowest BCUT2D eigenvalue weighted by molar-refractivity contribution is -0.694. The standard InChI is InChI=1S/C15H16N/c1-3-15-10-7-11-16(13(15)2)12-14-8-5-4-6-9-14/h3-11H,1,12H2,2H3/q+1. The second-order valence-corrected chi connectivity index (χ2v) is 3.87. The van der Waals surface area contributed by atoms with Crippen LogP contribution >= 0.6 is 0 Å². The molecular weight excluding hydrogens is 194 g/mol. The summed E-state index contributed by atoms with van der Waals surface area (Å²) in [5, 5.41) is 0. The normalized spacial score (nSPS) is 10.1. The van der Waals surface area contributed by atoms with Crippen LogP contribution in [0.4, 0.5) is 0 Å². The maximum Gasteiger partial charge on any atom is 0.185 e. The van der Waals surface area contributed by atoms with Gasteiger partial charge in [-0.2, -0.15) is 4.57 Å². The number of hydrogen-bond acceptors (Lipinski definition) is 0. The molecule has 1 heterocycles. The van der Waals surface area contributed by atoms with E-state index in [9.17, 15) is 0 Å². The highest BCUT2D eigenvalue weighted by Crippen LogP contribution is 2.05. The molecule has 1 nitrogen and oxygen atoms in total. The summed E-state index contributed by atoms with van der Waals surface area (Å²) in [5.41, 5.74) is 3.76. The van der Waals surface area contributed by atoms with Crippen LogP contribution < -0.4 is 4.57 Å². The Kier molecular flexibility index (Phi) is 3.16. The first-order chi connectivity index (χ1) is 7.81. The molecule has 0 aliphatic carbocycles. The van der Waals surface area contributed by atoms with E-state index in [1.54, 1.807) is 0 Å². The maximum absolute atomic E-state index is 3.83. The number of aromatic nitrogens is 1. The Morgan fingerprint density at radius 3 is 2.56 bits per heavy atom. The average molecular weight is 210 g/mol. The fourth-order valence-corrected chi connectivity index (χ4v) is 1.82. The molecule has 0 fully saturated rings. The highest BCUT2D eigenvalue weighted by atomic mass is 14.9. The fourth-order valence-electron chi connectivity index (χ4n) is 1.82. The molecule has 0 unspecified atom stereocenters. The second kappa shape index (κ2) is 4.75. The molecule has 0 saturated carbocycles. The van der Waals surface area contributed by atoms with Crippen LogP contribution in [0.2, 0.25) is 0 Å². The second-order valence-electron chi connectivity index (χ2n) is 3.87. The predicted molar refractivity (Wildman–Crippen MR) is 67.0 cm³/mol. The van der Waals surface area contributed by atoms with Crippen molar-refractivity contribution in [2.45, 2.75) is 13.5 Å². The van der Waals surface area contributed by atoms with Crippen molar-refractivity contribution < 1.29 is 4.57 Å². The van der Waals surface area contributed by atoms with Crippen LogP contribution in [0.5, 0.6) is 0 Å². The van der Waals surface area contributed by atoms with Gasteiger partial charge < -0.3 is 0 Å². The Morgan fingerprint density at radius 1 is 1.12 bits per heavy atom. The monoisotopic (exact) mass is 210 g/mol. The summed E-state index contributed by atoms with van der Waals surface area (Å²) in [7, 11) is 0. The van der Waals surface area contributed by atoms with Gasteiger partial charge in [-0.05, 0) is 6.07 Å². The van der Waals surface area contributed by atoms with Crippen molar-refractivity contribution in [3.63, 3.8) is 0 Å². The van der Waals surface area contributed by atoms with Gasteiger partial charge in [-0.1, -0.05) is 43.0 Å². The van der Waals surface area contributed by atoms with Crippen LogP contribution in [-0.2, 0) is 6.54 Å². The van der Waals surface area contributed by atoms with E-state index in [0.717, 1.165) is 6.54 Å². The SMILES string of the molecule is C=Cc1ccc[n+](Cc2ccccc2)c1C. The average Bonchev–Trinajstić information content (AvgIpc) is 2.33. The molecule has 16 heavy (non-hydrogen) atoms. The number of hydrogen-bond donors (Lipinski definition) is 0. The van der Waals surface area contributed by atoms with Crippen LogP contribution in [-0.4, -0.2) is 0 Å². The number of pyridine rings is 1. The number of rotatable bonds is 3. The van der Waals surface area contributed by atoms with Gasteiger partial charge in [-0.25, -0.2) is 0 Å². The van der Waals surface area contributed by atoms with Crippen LogP contribution in [0.25, 0.3) is 6.08 Å². The Balaban J connectivity index is 2.32. The van der Waals surface area contributed by atoms with Crippen molar-refractivity contribution >= 4 is 6.08 Å². The summed E-state index contributed by atoms with van der Waals surface area (Å²) >= 11 is 0. The third-order valence-electron chi connectivity index (χ3n) is 2.81. The van der Waals surface area contributed by atoms with Gasteiger partial charge in [0, 0.05) is 24.1 Å². The first-order valence-corrected chi connectivity index (χ1v) is 5.46. The summed E-state index contributed by atoms with van der Waals surface area (Å²) in [6, 6.07) is 14.6. The van der Waals surface area contributed by atoms with Gasteiger partial charge in [-0.3, -0.25) is 0 Å². The highest BCUT2D eigenvalue weighted by molar-refractivity contribution is 5.47. The smallest absolute Gasteiger partial charge is 0.185 e. The minimum Gasteiger partial charge on any atom is -0.198 e. The molecule has 0 radical (unpaired) electrons. The molecule has 1 heteroatoms. The lowest BCUT2D eigenvalue weighted by Crippen LogP contribution is -2.37. The van der Waals surface area contributed by atoms with Crippen molar-refractivity contribution in [2.24, 2.45) is 0 Å². The van der Waals surface area contributed by atoms with E-state index >= 15 is 0 Å². The molecule has 80 valence electrons. The van der Waals surface area contributed by atoms with E-state index in [-0.39, 0.29) is 0 Å². The summed E-state index contributed by atoms with van der Waals surface area (Å²) in [6.07, 6.45) is 4.01. The Morgan fingerprint density at radius 2 is 1.88 bits per heavy atom. The molecule has 0 N–H and O–H groups in total. The quantitative estimate of drug-likeness (QED) is 0.686. The van der Waals surface area contributed by atoms with Gasteiger partial charge in [0.1, 0.15) is 0 Å². The van der Waals surface area contributed by atoms with Gasteiger partial charge in [0.15, 0.2) is 18.4 Å². The zero-order chi connectivity index (χ0) is 11.4. The van der Waals surface area contributed by atoms with E-state index in [2.05, 4.69) is 60.7 Å². The van der Waals surface area contributed by atoms with Gasteiger partial charge >= 0.3 is 0 Å². The molecule has 0 spiro atoms. The summed E-state index contributed by atoms with van der Waals surface area (Å²) in [4.78, 5) is 0. The third kappa shape index (κ3) is 2.19. The van der Waals surface area contributed by atoms with Crippen molar-refractivity contribution in [1.29, 1.82) is 0 Å². The Bertz CT molecular complexity index is 486. The van der Waals surface area contributed by atoms with E-state index in [1.807, 2.05) is 12.1 Å². The van der Waals surface area contributed by atoms with Crippen LogP contribution in [0.3, 0.4) is 0 Å². The van der Waals surface area contributed by atoms with E-state index in [0.29, 0.717) is 0 Å². The maximum atomic E-state index is 3.83. The number of nitrogens with zero attached hydrogens (tertiary/aromatic N) is 1. The molecule has 2 aromatic rings. The summed E-state index contributed by atoms with van der Waals surface area (Å²) in [6.45, 7) is 6.86. The largest absolute Gasteiger partial charge is 0.198 e. The van der Waals surface area contributed by atoms with Gasteiger partial charge in [0.05, 0.1) is 0 Å². The van der Waals surface area contributed by atoms with Gasteiger partial charge in [0.2, 0.25) is 0 Å². The van der Waals surface area contributed by atoms with Crippen molar-refractivity contribution in [2.75, 3.05) is 0 Å². The van der Waals surface area contributed by atoms with E-state index in [4.69, 9.17) is 0 Å². The lowest BCUT2D eigenvalue weighted by Gasteiger charge is -2.03. The molecule has 0 bridgehead atoms.